The van der Waals surface area contributed by atoms with Crippen LogP contribution in [0, 0.1) is 11.3 Å². The number of benzene rings is 1. The van der Waals surface area contributed by atoms with E-state index < -0.39 is 0 Å². The van der Waals surface area contributed by atoms with Gasteiger partial charge in [-0.1, -0.05) is 11.6 Å². The fraction of sp³-hybridized carbons (Fsp3) is 0.556. The Bertz CT molecular complexity index is 663. The Morgan fingerprint density at radius 3 is 2.77 bits per heavy atom. The molecule has 8 heteroatoms. The van der Waals surface area contributed by atoms with Crippen LogP contribution in [0.15, 0.2) is 18.2 Å². The lowest BCUT2D eigenvalue weighted by molar-refractivity contribution is -0.123. The summed E-state index contributed by atoms with van der Waals surface area (Å²) in [6, 6.07) is 5.04. The van der Waals surface area contributed by atoms with E-state index >= 15 is 0 Å². The van der Waals surface area contributed by atoms with Crippen molar-refractivity contribution in [1.82, 2.24) is 10.6 Å². The van der Waals surface area contributed by atoms with Crippen molar-refractivity contribution >= 4 is 41.5 Å². The molecule has 1 saturated heterocycles. The number of piperidine rings is 1. The van der Waals surface area contributed by atoms with Crippen molar-refractivity contribution in [2.24, 2.45) is 11.3 Å². The smallest absolute Gasteiger partial charge is 0.226 e. The molecule has 1 atom stereocenters. The third kappa shape index (κ3) is 4.81. The Hall–Kier alpha value is -1.50. The minimum absolute atomic E-state index is 0. The van der Waals surface area contributed by atoms with Gasteiger partial charge in [-0.2, -0.15) is 0 Å². The quantitative estimate of drug-likeness (QED) is 0.684. The zero-order valence-corrected chi connectivity index (χ0v) is 16.3. The standard InChI is InChI=1S/C18H24ClN3O3.ClH/c1-25-15-3-2-12(19)10-14(15)22-16(23)4-7-21-17(24)13-11-18(13)5-8-20-9-6-18;/h2-3,10,13,20H,4-9,11H2,1H3,(H,21,24)(H,22,23);1H. The highest BCUT2D eigenvalue weighted by atomic mass is 35.5. The Balaban J connectivity index is 0.00000243. The van der Waals surface area contributed by atoms with Gasteiger partial charge in [0.25, 0.3) is 0 Å². The van der Waals surface area contributed by atoms with Gasteiger partial charge in [-0.15, -0.1) is 12.4 Å². The molecule has 1 spiro atoms. The highest BCUT2D eigenvalue weighted by Crippen LogP contribution is 2.58. The number of nitrogens with one attached hydrogen (secondary N) is 3. The fourth-order valence-electron chi connectivity index (χ4n) is 3.61. The highest BCUT2D eigenvalue weighted by Gasteiger charge is 2.57. The molecule has 2 fully saturated rings. The number of hydrogen-bond acceptors (Lipinski definition) is 4. The maximum Gasteiger partial charge on any atom is 0.226 e. The van der Waals surface area contributed by atoms with E-state index in [1.165, 1.54) is 7.11 Å². The monoisotopic (exact) mass is 401 g/mol. The van der Waals surface area contributed by atoms with Crippen LogP contribution in [0.5, 0.6) is 5.75 Å². The number of methoxy groups -OCH3 is 1. The van der Waals surface area contributed by atoms with Gasteiger partial charge in [0.05, 0.1) is 12.8 Å². The molecule has 1 heterocycles. The summed E-state index contributed by atoms with van der Waals surface area (Å²) in [6.45, 7) is 2.32. The number of hydrogen-bond donors (Lipinski definition) is 3. The molecule has 144 valence electrons. The summed E-state index contributed by atoms with van der Waals surface area (Å²) in [4.78, 5) is 24.3. The average Bonchev–Trinajstić information content (AvgIpc) is 3.28. The van der Waals surface area contributed by atoms with Crippen LogP contribution in [0.2, 0.25) is 5.02 Å². The normalized spacial score (nSPS) is 20.0. The number of carbonyl (C=O) groups excluding carboxylic acids is 2. The van der Waals surface area contributed by atoms with E-state index in [0.717, 1.165) is 32.4 Å². The first-order valence-electron chi connectivity index (χ1n) is 8.66. The molecule has 1 aromatic rings. The molecule has 0 bridgehead atoms. The number of carbonyl (C=O) groups is 2. The predicted molar refractivity (Wildman–Crippen MR) is 104 cm³/mol. The lowest BCUT2D eigenvalue weighted by Gasteiger charge is -2.23. The van der Waals surface area contributed by atoms with E-state index in [1.54, 1.807) is 18.2 Å². The summed E-state index contributed by atoms with van der Waals surface area (Å²) in [5.41, 5.74) is 0.744. The molecular weight excluding hydrogens is 377 g/mol. The second kappa shape index (κ2) is 8.93. The minimum Gasteiger partial charge on any atom is -0.495 e. The molecule has 1 aromatic carbocycles. The third-order valence-electron chi connectivity index (χ3n) is 5.19. The molecule has 2 amide bonds. The second-order valence-corrected chi connectivity index (χ2v) is 7.24. The molecule has 1 saturated carbocycles. The molecule has 26 heavy (non-hydrogen) atoms. The van der Waals surface area contributed by atoms with Gasteiger partial charge < -0.3 is 20.7 Å². The van der Waals surface area contributed by atoms with Crippen LogP contribution < -0.4 is 20.7 Å². The van der Waals surface area contributed by atoms with Crippen LogP contribution in [0.1, 0.15) is 25.7 Å². The molecule has 0 aromatic heterocycles. The predicted octanol–water partition coefficient (Wildman–Crippen LogP) is 2.60. The molecule has 0 radical (unpaired) electrons. The van der Waals surface area contributed by atoms with Crippen molar-refractivity contribution < 1.29 is 14.3 Å². The summed E-state index contributed by atoms with van der Waals surface area (Å²) in [5.74, 6) is 0.557. The fourth-order valence-corrected chi connectivity index (χ4v) is 3.78. The summed E-state index contributed by atoms with van der Waals surface area (Å²) in [5, 5.41) is 9.51. The van der Waals surface area contributed by atoms with Gasteiger partial charge in [0, 0.05) is 23.9 Å². The van der Waals surface area contributed by atoms with Crippen molar-refractivity contribution in [1.29, 1.82) is 0 Å². The maximum atomic E-state index is 12.3. The van der Waals surface area contributed by atoms with Crippen LogP contribution in [0.3, 0.4) is 0 Å². The van der Waals surface area contributed by atoms with E-state index in [0.29, 0.717) is 23.0 Å². The summed E-state index contributed by atoms with van der Waals surface area (Å²) in [6.07, 6.45) is 3.33. The van der Waals surface area contributed by atoms with Gasteiger partial charge in [0.2, 0.25) is 11.8 Å². The zero-order chi connectivity index (χ0) is 17.9. The largest absolute Gasteiger partial charge is 0.495 e. The van der Waals surface area contributed by atoms with Crippen LogP contribution in [-0.4, -0.2) is 38.6 Å². The van der Waals surface area contributed by atoms with Gasteiger partial charge >= 0.3 is 0 Å². The minimum atomic E-state index is -0.187. The number of rotatable bonds is 6. The van der Waals surface area contributed by atoms with E-state index in [2.05, 4.69) is 16.0 Å². The van der Waals surface area contributed by atoms with Crippen LogP contribution >= 0.6 is 24.0 Å². The zero-order valence-electron chi connectivity index (χ0n) is 14.8. The number of halogens is 2. The molecule has 3 N–H and O–H groups in total. The van der Waals surface area contributed by atoms with E-state index in [4.69, 9.17) is 16.3 Å². The van der Waals surface area contributed by atoms with Gasteiger partial charge in [0.15, 0.2) is 0 Å². The Morgan fingerprint density at radius 2 is 2.08 bits per heavy atom. The van der Waals surface area contributed by atoms with Crippen LogP contribution in [-0.2, 0) is 9.59 Å². The third-order valence-corrected chi connectivity index (χ3v) is 5.43. The maximum absolute atomic E-state index is 12.3. The molecule has 3 rings (SSSR count). The van der Waals surface area contributed by atoms with E-state index in [1.807, 2.05) is 0 Å². The average molecular weight is 402 g/mol. The first kappa shape index (κ1) is 20.8. The van der Waals surface area contributed by atoms with Gasteiger partial charge in [-0.25, -0.2) is 0 Å². The lowest BCUT2D eigenvalue weighted by Crippen LogP contribution is -2.34. The van der Waals surface area contributed by atoms with Crippen molar-refractivity contribution in [3.8, 4) is 5.75 Å². The SMILES string of the molecule is COc1ccc(Cl)cc1NC(=O)CCNC(=O)C1CC12CCNCC2.Cl. The van der Waals surface area contributed by atoms with Crippen LogP contribution in [0.4, 0.5) is 5.69 Å². The number of amides is 2. The highest BCUT2D eigenvalue weighted by molar-refractivity contribution is 6.31. The summed E-state index contributed by atoms with van der Waals surface area (Å²) < 4.78 is 5.20. The summed E-state index contributed by atoms with van der Waals surface area (Å²) >= 11 is 5.95. The van der Waals surface area contributed by atoms with Gasteiger partial charge in [0.1, 0.15) is 5.75 Å². The van der Waals surface area contributed by atoms with E-state index in [-0.39, 0.29) is 42.0 Å². The Labute approximate surface area is 164 Å². The van der Waals surface area contributed by atoms with Gasteiger partial charge in [-0.3, -0.25) is 9.59 Å². The molecule has 1 aliphatic carbocycles. The van der Waals surface area contributed by atoms with Gasteiger partial charge in [-0.05, 0) is 56.0 Å². The topological polar surface area (TPSA) is 79.5 Å². The second-order valence-electron chi connectivity index (χ2n) is 6.80. The van der Waals surface area contributed by atoms with Crippen LogP contribution in [0.25, 0.3) is 0 Å². The Morgan fingerprint density at radius 1 is 1.35 bits per heavy atom. The molecular formula is C18H25Cl2N3O3. The van der Waals surface area contributed by atoms with Crippen molar-refractivity contribution in [2.45, 2.75) is 25.7 Å². The lowest BCUT2D eigenvalue weighted by atomic mass is 9.92. The number of ether oxygens (including phenoxy) is 1. The molecule has 2 aliphatic rings. The van der Waals surface area contributed by atoms with Crippen molar-refractivity contribution in [3.63, 3.8) is 0 Å². The number of anilines is 1. The first-order chi connectivity index (χ1) is 12.0. The Kier molecular flexibility index (Phi) is 7.15. The first-order valence-corrected chi connectivity index (χ1v) is 9.04. The van der Waals surface area contributed by atoms with E-state index in [9.17, 15) is 9.59 Å². The molecule has 6 nitrogen and oxygen atoms in total. The van der Waals surface area contributed by atoms with Crippen molar-refractivity contribution in [3.05, 3.63) is 23.2 Å². The molecule has 1 aliphatic heterocycles. The molecule has 1 unspecified atom stereocenters. The van der Waals surface area contributed by atoms with Crippen molar-refractivity contribution in [2.75, 3.05) is 32.1 Å². The summed E-state index contributed by atoms with van der Waals surface area (Å²) in [7, 11) is 1.53.